The lowest BCUT2D eigenvalue weighted by atomic mass is 9.81. The Morgan fingerprint density at radius 2 is 2.09 bits per heavy atom. The van der Waals surface area contributed by atoms with Crippen molar-refractivity contribution in [2.24, 2.45) is 11.0 Å². The summed E-state index contributed by atoms with van der Waals surface area (Å²) in [5.41, 5.74) is 3.75. The lowest BCUT2D eigenvalue weighted by Gasteiger charge is -2.51. The standard InChI is InChI=1S/C22H30ClN5O4S/c1-4-9-27-20(30)15-10-13(23)5-7-16(15)28-21(27)25-26-22(28)33-12-19(29)24-14-6-8-17(31-2)18(11-14)32-3/h6,8,11,13,15-16,21,25H,4-5,7,9-10,12H2,1-3H3,(H,24,29). The second kappa shape index (κ2) is 10.3. The van der Waals surface area contributed by atoms with Crippen molar-refractivity contribution in [3.05, 3.63) is 18.2 Å². The summed E-state index contributed by atoms with van der Waals surface area (Å²) >= 11 is 7.78. The molecule has 9 nitrogen and oxygen atoms in total. The van der Waals surface area contributed by atoms with Crippen LogP contribution in [0.5, 0.6) is 11.5 Å². The third-order valence-corrected chi connectivity index (χ3v) is 7.59. The van der Waals surface area contributed by atoms with E-state index in [1.54, 1.807) is 32.4 Å². The maximum atomic E-state index is 13.2. The van der Waals surface area contributed by atoms with Crippen LogP contribution in [-0.2, 0) is 9.59 Å². The number of benzene rings is 1. The van der Waals surface area contributed by atoms with Gasteiger partial charge < -0.3 is 24.6 Å². The van der Waals surface area contributed by atoms with Gasteiger partial charge in [-0.3, -0.25) is 15.0 Å². The minimum atomic E-state index is -0.304. The van der Waals surface area contributed by atoms with Gasteiger partial charge in [0.05, 0.1) is 25.9 Å². The van der Waals surface area contributed by atoms with Gasteiger partial charge in [0.1, 0.15) is 0 Å². The molecule has 1 saturated carbocycles. The van der Waals surface area contributed by atoms with E-state index in [0.717, 1.165) is 24.4 Å². The molecule has 1 aromatic rings. The molecule has 180 valence electrons. The zero-order valence-electron chi connectivity index (χ0n) is 19.0. The summed E-state index contributed by atoms with van der Waals surface area (Å²) in [6, 6.07) is 5.28. The topological polar surface area (TPSA) is 95.5 Å². The minimum Gasteiger partial charge on any atom is -0.493 e. The van der Waals surface area contributed by atoms with Crippen LogP contribution in [0.1, 0.15) is 32.6 Å². The van der Waals surface area contributed by atoms with Crippen molar-refractivity contribution in [2.75, 3.05) is 31.8 Å². The quantitative estimate of drug-likeness (QED) is 0.561. The number of carbonyl (C=O) groups excluding carboxylic acids is 2. The van der Waals surface area contributed by atoms with Crippen molar-refractivity contribution in [2.45, 2.75) is 50.3 Å². The van der Waals surface area contributed by atoms with E-state index in [1.165, 1.54) is 11.8 Å². The van der Waals surface area contributed by atoms with E-state index in [9.17, 15) is 9.59 Å². The average Bonchev–Trinajstić information content (AvgIpc) is 3.24. The van der Waals surface area contributed by atoms with Crippen LogP contribution in [0, 0.1) is 5.92 Å². The highest BCUT2D eigenvalue weighted by atomic mass is 35.5. The number of methoxy groups -OCH3 is 2. The first-order chi connectivity index (χ1) is 16.0. The lowest BCUT2D eigenvalue weighted by Crippen LogP contribution is -2.67. The van der Waals surface area contributed by atoms with Gasteiger partial charge in [0.2, 0.25) is 11.8 Å². The van der Waals surface area contributed by atoms with Crippen molar-refractivity contribution in [1.29, 1.82) is 0 Å². The number of rotatable bonds is 7. The van der Waals surface area contributed by atoms with Gasteiger partial charge in [-0.2, -0.15) is 5.10 Å². The molecule has 0 bridgehead atoms. The van der Waals surface area contributed by atoms with Gasteiger partial charge >= 0.3 is 0 Å². The number of hydrazone groups is 1. The first kappa shape index (κ1) is 23.8. The van der Waals surface area contributed by atoms with Gasteiger partial charge in [-0.25, -0.2) is 0 Å². The number of anilines is 1. The fourth-order valence-corrected chi connectivity index (χ4v) is 5.89. The molecule has 4 rings (SSSR count). The second-order valence-electron chi connectivity index (χ2n) is 8.33. The summed E-state index contributed by atoms with van der Waals surface area (Å²) in [6.07, 6.45) is 2.93. The molecule has 0 aromatic heterocycles. The van der Waals surface area contributed by atoms with Crippen molar-refractivity contribution in [3.8, 4) is 11.5 Å². The summed E-state index contributed by atoms with van der Waals surface area (Å²) in [6.45, 7) is 2.70. The first-order valence-electron chi connectivity index (χ1n) is 11.2. The zero-order valence-corrected chi connectivity index (χ0v) is 20.6. The summed E-state index contributed by atoms with van der Waals surface area (Å²) in [4.78, 5) is 29.9. The van der Waals surface area contributed by atoms with E-state index in [4.69, 9.17) is 21.1 Å². The Kier molecular flexibility index (Phi) is 7.43. The van der Waals surface area contributed by atoms with Crippen LogP contribution in [0.15, 0.2) is 23.3 Å². The summed E-state index contributed by atoms with van der Waals surface area (Å²) in [7, 11) is 3.12. The molecule has 4 atom stereocenters. The van der Waals surface area contributed by atoms with Gasteiger partial charge in [0.15, 0.2) is 23.0 Å². The molecule has 2 aliphatic heterocycles. The molecular formula is C22H30ClN5O4S. The van der Waals surface area contributed by atoms with E-state index in [0.29, 0.717) is 30.2 Å². The summed E-state index contributed by atoms with van der Waals surface area (Å²) < 4.78 is 10.5. The van der Waals surface area contributed by atoms with Crippen molar-refractivity contribution in [3.63, 3.8) is 0 Å². The molecule has 2 fully saturated rings. The number of nitrogens with zero attached hydrogens (tertiary/aromatic N) is 3. The smallest absolute Gasteiger partial charge is 0.234 e. The molecule has 4 unspecified atom stereocenters. The van der Waals surface area contributed by atoms with Crippen LogP contribution in [-0.4, -0.2) is 71.0 Å². The molecule has 2 amide bonds. The number of amidine groups is 1. The van der Waals surface area contributed by atoms with E-state index >= 15 is 0 Å². The largest absolute Gasteiger partial charge is 0.493 e. The van der Waals surface area contributed by atoms with Crippen LogP contribution in [0.4, 0.5) is 5.69 Å². The van der Waals surface area contributed by atoms with E-state index in [1.807, 2.05) is 4.90 Å². The van der Waals surface area contributed by atoms with Gasteiger partial charge in [0, 0.05) is 29.7 Å². The number of halogens is 1. The van der Waals surface area contributed by atoms with Gasteiger partial charge in [0.25, 0.3) is 0 Å². The fourth-order valence-electron chi connectivity index (χ4n) is 4.74. The van der Waals surface area contributed by atoms with Crippen LogP contribution < -0.4 is 20.2 Å². The molecule has 11 heteroatoms. The van der Waals surface area contributed by atoms with Crippen LogP contribution in [0.2, 0.25) is 0 Å². The SMILES string of the molecule is CCCN1C(=O)C2CC(Cl)CCC2N2C(SCC(=O)Nc3ccc(OC)c(OC)c3)=NNC12. The maximum Gasteiger partial charge on any atom is 0.234 e. The zero-order chi connectivity index (χ0) is 23.5. The monoisotopic (exact) mass is 495 g/mol. The predicted octanol–water partition coefficient (Wildman–Crippen LogP) is 2.86. The summed E-state index contributed by atoms with van der Waals surface area (Å²) in [5.74, 6) is 1.18. The van der Waals surface area contributed by atoms with Crippen LogP contribution >= 0.6 is 23.4 Å². The van der Waals surface area contributed by atoms with Crippen LogP contribution in [0.25, 0.3) is 0 Å². The highest BCUT2D eigenvalue weighted by Gasteiger charge is 2.51. The fraction of sp³-hybridized carbons (Fsp3) is 0.591. The molecule has 1 aromatic carbocycles. The Morgan fingerprint density at radius 3 is 2.82 bits per heavy atom. The highest BCUT2D eigenvalue weighted by Crippen LogP contribution is 2.40. The van der Waals surface area contributed by atoms with Crippen molar-refractivity contribution < 1.29 is 19.1 Å². The number of carbonyl (C=O) groups is 2. The molecule has 0 radical (unpaired) electrons. The van der Waals surface area contributed by atoms with Crippen LogP contribution in [0.3, 0.4) is 0 Å². The van der Waals surface area contributed by atoms with E-state index < -0.39 is 0 Å². The Balaban J connectivity index is 1.42. The van der Waals surface area contributed by atoms with Gasteiger partial charge in [-0.1, -0.05) is 18.7 Å². The summed E-state index contributed by atoms with van der Waals surface area (Å²) in [5, 5.41) is 8.14. The normalized spacial score (nSPS) is 26.2. The Hall–Kier alpha value is -2.33. The van der Waals surface area contributed by atoms with E-state index in [-0.39, 0.29) is 41.2 Å². The number of nitrogens with one attached hydrogen (secondary N) is 2. The van der Waals surface area contributed by atoms with Gasteiger partial charge in [-0.05, 0) is 37.8 Å². The predicted molar refractivity (Wildman–Crippen MR) is 130 cm³/mol. The third-order valence-electron chi connectivity index (χ3n) is 6.23. The Morgan fingerprint density at radius 1 is 1.30 bits per heavy atom. The number of ether oxygens (including phenoxy) is 2. The number of hydrogen-bond acceptors (Lipinski definition) is 8. The molecule has 2 N–H and O–H groups in total. The lowest BCUT2D eigenvalue weighted by molar-refractivity contribution is -0.155. The molecule has 33 heavy (non-hydrogen) atoms. The molecule has 1 aliphatic carbocycles. The average molecular weight is 496 g/mol. The molecule has 3 aliphatic rings. The Labute approximate surface area is 203 Å². The van der Waals surface area contributed by atoms with Crippen molar-refractivity contribution >= 4 is 46.0 Å². The maximum absolute atomic E-state index is 13.2. The molecule has 1 saturated heterocycles. The third kappa shape index (κ3) is 4.82. The number of amides is 2. The van der Waals surface area contributed by atoms with E-state index in [2.05, 4.69) is 27.7 Å². The first-order valence-corrected chi connectivity index (χ1v) is 12.6. The number of fused-ring (bicyclic) bond motifs is 3. The molecule has 2 heterocycles. The highest BCUT2D eigenvalue weighted by molar-refractivity contribution is 8.14. The van der Waals surface area contributed by atoms with Crippen molar-refractivity contribution in [1.82, 2.24) is 15.2 Å². The Bertz CT molecular complexity index is 932. The minimum absolute atomic E-state index is 0.0195. The second-order valence-corrected chi connectivity index (χ2v) is 9.89. The number of alkyl halides is 1. The molecular weight excluding hydrogens is 466 g/mol. The molecule has 0 spiro atoms. The number of hydrogen-bond donors (Lipinski definition) is 2. The number of thioether (sulfide) groups is 1. The van der Waals surface area contributed by atoms with Gasteiger partial charge in [-0.15, -0.1) is 11.6 Å².